The number of methoxy groups -OCH3 is 1. The molecule has 0 atom stereocenters. The van der Waals surface area contributed by atoms with Crippen molar-refractivity contribution < 1.29 is 19.1 Å². The van der Waals surface area contributed by atoms with Crippen LogP contribution in [-0.2, 0) is 19.7 Å². The summed E-state index contributed by atoms with van der Waals surface area (Å²) in [6.45, 7) is 3.08. The van der Waals surface area contributed by atoms with E-state index in [1.165, 1.54) is 13.2 Å². The van der Waals surface area contributed by atoms with Crippen molar-refractivity contribution in [1.29, 1.82) is 0 Å². The molecule has 1 amide bonds. The zero-order chi connectivity index (χ0) is 16.7. The Morgan fingerprint density at radius 2 is 1.96 bits per heavy atom. The fourth-order valence-electron chi connectivity index (χ4n) is 2.49. The SMILES string of the molecule is CCOc1ccc(C2(C(=O)NCC/C=C/C(=O)OC)CC2)cc1. The van der Waals surface area contributed by atoms with Crippen LogP contribution in [-0.4, -0.2) is 32.1 Å². The van der Waals surface area contributed by atoms with Gasteiger partial charge in [0.25, 0.3) is 0 Å². The Balaban J connectivity index is 1.86. The average molecular weight is 317 g/mol. The van der Waals surface area contributed by atoms with E-state index in [4.69, 9.17) is 4.74 Å². The molecular weight excluding hydrogens is 294 g/mol. The van der Waals surface area contributed by atoms with E-state index in [9.17, 15) is 9.59 Å². The smallest absolute Gasteiger partial charge is 0.330 e. The molecule has 0 unspecified atom stereocenters. The third-order valence-electron chi connectivity index (χ3n) is 3.95. The lowest BCUT2D eigenvalue weighted by Gasteiger charge is -2.16. The van der Waals surface area contributed by atoms with Gasteiger partial charge in [-0.1, -0.05) is 18.2 Å². The van der Waals surface area contributed by atoms with E-state index in [-0.39, 0.29) is 11.9 Å². The van der Waals surface area contributed by atoms with Gasteiger partial charge in [-0.3, -0.25) is 4.79 Å². The molecule has 5 heteroatoms. The Labute approximate surface area is 136 Å². The lowest BCUT2D eigenvalue weighted by atomic mass is 9.95. The summed E-state index contributed by atoms with van der Waals surface area (Å²) < 4.78 is 9.93. The molecule has 0 aliphatic heterocycles. The highest BCUT2D eigenvalue weighted by Crippen LogP contribution is 2.48. The summed E-state index contributed by atoms with van der Waals surface area (Å²) in [4.78, 5) is 23.4. The molecule has 0 bridgehead atoms. The number of carbonyl (C=O) groups is 2. The fourth-order valence-corrected chi connectivity index (χ4v) is 2.49. The minimum absolute atomic E-state index is 0.0492. The van der Waals surface area contributed by atoms with Crippen LogP contribution >= 0.6 is 0 Å². The van der Waals surface area contributed by atoms with E-state index in [2.05, 4.69) is 10.1 Å². The van der Waals surface area contributed by atoms with Gasteiger partial charge in [0, 0.05) is 12.6 Å². The monoisotopic (exact) mass is 317 g/mol. The van der Waals surface area contributed by atoms with Crippen LogP contribution in [0.15, 0.2) is 36.4 Å². The van der Waals surface area contributed by atoms with Crippen molar-refractivity contribution >= 4 is 11.9 Å². The Hall–Kier alpha value is -2.30. The Kier molecular flexibility index (Phi) is 5.79. The van der Waals surface area contributed by atoms with Crippen molar-refractivity contribution in [3.05, 3.63) is 42.0 Å². The van der Waals surface area contributed by atoms with E-state index < -0.39 is 5.41 Å². The topological polar surface area (TPSA) is 64.6 Å². The first-order chi connectivity index (χ1) is 11.1. The van der Waals surface area contributed by atoms with Crippen molar-refractivity contribution in [3.63, 3.8) is 0 Å². The average Bonchev–Trinajstić information content (AvgIpc) is 3.37. The van der Waals surface area contributed by atoms with Crippen molar-refractivity contribution in [1.82, 2.24) is 5.32 Å². The fraction of sp³-hybridized carbons (Fsp3) is 0.444. The predicted octanol–water partition coefficient (Wildman–Crippen LogP) is 2.35. The van der Waals surface area contributed by atoms with Crippen molar-refractivity contribution in [3.8, 4) is 5.75 Å². The molecule has 0 aromatic heterocycles. The van der Waals surface area contributed by atoms with Crippen LogP contribution in [0.5, 0.6) is 5.75 Å². The van der Waals surface area contributed by atoms with E-state index in [0.717, 1.165) is 24.2 Å². The third kappa shape index (κ3) is 4.34. The van der Waals surface area contributed by atoms with Crippen LogP contribution in [0.1, 0.15) is 31.7 Å². The molecule has 1 fully saturated rings. The first kappa shape index (κ1) is 17.1. The van der Waals surface area contributed by atoms with Gasteiger partial charge >= 0.3 is 5.97 Å². The molecule has 1 aromatic rings. The zero-order valence-corrected chi connectivity index (χ0v) is 13.6. The molecule has 1 aromatic carbocycles. The minimum Gasteiger partial charge on any atom is -0.494 e. The van der Waals surface area contributed by atoms with Crippen molar-refractivity contribution in [2.24, 2.45) is 0 Å². The lowest BCUT2D eigenvalue weighted by molar-refractivity contribution is -0.134. The molecular formula is C18H23NO4. The molecule has 5 nitrogen and oxygen atoms in total. The number of hydrogen-bond acceptors (Lipinski definition) is 4. The van der Waals surface area contributed by atoms with E-state index in [1.54, 1.807) is 6.08 Å². The number of esters is 1. The normalized spacial score (nSPS) is 15.2. The molecule has 0 spiro atoms. The quantitative estimate of drug-likeness (QED) is 0.454. The highest BCUT2D eigenvalue weighted by molar-refractivity contribution is 5.91. The third-order valence-corrected chi connectivity index (χ3v) is 3.95. The Morgan fingerprint density at radius 3 is 2.52 bits per heavy atom. The summed E-state index contributed by atoms with van der Waals surface area (Å²) in [5.41, 5.74) is 0.639. The summed E-state index contributed by atoms with van der Waals surface area (Å²) in [5, 5.41) is 2.94. The number of benzene rings is 1. The molecule has 1 N–H and O–H groups in total. The predicted molar refractivity (Wildman–Crippen MR) is 87.3 cm³/mol. The molecule has 0 heterocycles. The minimum atomic E-state index is -0.392. The Morgan fingerprint density at radius 1 is 1.26 bits per heavy atom. The van der Waals surface area contributed by atoms with Gasteiger partial charge in [-0.15, -0.1) is 0 Å². The van der Waals surface area contributed by atoms with Crippen LogP contribution < -0.4 is 10.1 Å². The second-order valence-electron chi connectivity index (χ2n) is 5.51. The zero-order valence-electron chi connectivity index (χ0n) is 13.6. The van der Waals surface area contributed by atoms with Gasteiger partial charge in [-0.05, 0) is 43.9 Å². The number of ether oxygens (including phenoxy) is 2. The van der Waals surface area contributed by atoms with Gasteiger partial charge < -0.3 is 14.8 Å². The highest BCUT2D eigenvalue weighted by Gasteiger charge is 2.50. The van der Waals surface area contributed by atoms with Gasteiger partial charge in [-0.25, -0.2) is 4.79 Å². The second-order valence-corrected chi connectivity index (χ2v) is 5.51. The summed E-state index contributed by atoms with van der Waals surface area (Å²) >= 11 is 0. The molecule has 2 rings (SSSR count). The van der Waals surface area contributed by atoms with Gasteiger partial charge in [0.2, 0.25) is 5.91 Å². The standard InChI is InChI=1S/C18H23NO4/c1-3-23-15-9-7-14(8-10-15)18(11-12-18)17(21)19-13-5-4-6-16(20)22-2/h4,6-10H,3,5,11-13H2,1-2H3,(H,19,21)/b6-4+. The number of carbonyl (C=O) groups excluding carboxylic acids is 2. The number of rotatable bonds is 8. The van der Waals surface area contributed by atoms with E-state index in [1.807, 2.05) is 31.2 Å². The van der Waals surface area contributed by atoms with Crippen molar-refractivity contribution in [2.75, 3.05) is 20.3 Å². The van der Waals surface area contributed by atoms with Gasteiger partial charge in [-0.2, -0.15) is 0 Å². The Bertz CT molecular complexity index is 573. The lowest BCUT2D eigenvalue weighted by Crippen LogP contribution is -2.35. The van der Waals surface area contributed by atoms with E-state index >= 15 is 0 Å². The van der Waals surface area contributed by atoms with Crippen LogP contribution in [0.2, 0.25) is 0 Å². The molecule has 124 valence electrons. The molecule has 23 heavy (non-hydrogen) atoms. The molecule has 0 radical (unpaired) electrons. The maximum absolute atomic E-state index is 12.4. The van der Waals surface area contributed by atoms with Gasteiger partial charge in [0.1, 0.15) is 5.75 Å². The largest absolute Gasteiger partial charge is 0.494 e. The first-order valence-electron chi connectivity index (χ1n) is 7.88. The molecule has 0 saturated heterocycles. The summed E-state index contributed by atoms with van der Waals surface area (Å²) in [6, 6.07) is 7.75. The number of amides is 1. The van der Waals surface area contributed by atoms with Crippen molar-refractivity contribution in [2.45, 2.75) is 31.6 Å². The van der Waals surface area contributed by atoms with E-state index in [0.29, 0.717) is 19.6 Å². The number of nitrogens with one attached hydrogen (secondary N) is 1. The maximum atomic E-state index is 12.4. The molecule has 1 aliphatic rings. The van der Waals surface area contributed by atoms with Crippen LogP contribution in [0, 0.1) is 0 Å². The first-order valence-corrected chi connectivity index (χ1v) is 7.88. The van der Waals surface area contributed by atoms with Gasteiger partial charge in [0.15, 0.2) is 0 Å². The summed E-state index contributed by atoms with van der Waals surface area (Å²) in [6.07, 6.45) is 5.39. The molecule has 1 saturated carbocycles. The van der Waals surface area contributed by atoms with Crippen LogP contribution in [0.3, 0.4) is 0 Å². The maximum Gasteiger partial charge on any atom is 0.330 e. The van der Waals surface area contributed by atoms with Gasteiger partial charge in [0.05, 0.1) is 19.1 Å². The summed E-state index contributed by atoms with van der Waals surface area (Å²) in [7, 11) is 1.34. The summed E-state index contributed by atoms with van der Waals surface area (Å²) in [5.74, 6) is 0.484. The highest BCUT2D eigenvalue weighted by atomic mass is 16.5. The van der Waals surface area contributed by atoms with Crippen LogP contribution in [0.4, 0.5) is 0 Å². The van der Waals surface area contributed by atoms with Crippen LogP contribution in [0.25, 0.3) is 0 Å². The molecule has 1 aliphatic carbocycles. The number of hydrogen-bond donors (Lipinski definition) is 1. The second kappa shape index (κ2) is 7.81.